The summed E-state index contributed by atoms with van der Waals surface area (Å²) in [5, 5.41) is 7.93. The first kappa shape index (κ1) is 13.4. The van der Waals surface area contributed by atoms with E-state index in [1.807, 2.05) is 10.7 Å². The Balaban J connectivity index is 1.76. The first-order valence-corrected chi connectivity index (χ1v) is 7.42. The normalized spacial score (nSPS) is 16.9. The monoisotopic (exact) mass is 274 g/mol. The van der Waals surface area contributed by atoms with Crippen LogP contribution in [0.4, 0.5) is 0 Å². The lowest BCUT2D eigenvalue weighted by Crippen LogP contribution is -2.30. The van der Waals surface area contributed by atoms with Crippen molar-refractivity contribution in [2.45, 2.75) is 32.6 Å². The molecular formula is C15H22N4O. The van der Waals surface area contributed by atoms with E-state index < -0.39 is 0 Å². The van der Waals surface area contributed by atoms with E-state index >= 15 is 0 Å². The minimum atomic E-state index is 0.409. The zero-order chi connectivity index (χ0) is 13.9. The summed E-state index contributed by atoms with van der Waals surface area (Å²) in [6.45, 7) is 7.22. The van der Waals surface area contributed by atoms with E-state index in [1.165, 1.54) is 12.8 Å². The van der Waals surface area contributed by atoms with Crippen molar-refractivity contribution in [1.29, 1.82) is 0 Å². The summed E-state index contributed by atoms with van der Waals surface area (Å²) in [6, 6.07) is 2.08. The molecule has 5 heteroatoms. The maximum Gasteiger partial charge on any atom is 0.240 e. The Morgan fingerprint density at radius 2 is 2.20 bits per heavy atom. The molecule has 2 aromatic rings. The summed E-state index contributed by atoms with van der Waals surface area (Å²) in [5.74, 6) is 1.74. The quantitative estimate of drug-likeness (QED) is 0.929. The topological polar surface area (TPSA) is 51.5 Å². The molecule has 5 nitrogen and oxygen atoms in total. The molecule has 0 saturated carbocycles. The number of rotatable bonds is 4. The lowest BCUT2D eigenvalue weighted by atomic mass is 9.99. The summed E-state index contributed by atoms with van der Waals surface area (Å²) in [7, 11) is 0. The van der Waals surface area contributed by atoms with Gasteiger partial charge in [0.2, 0.25) is 5.88 Å². The minimum Gasteiger partial charge on any atom is -0.476 e. The molecular weight excluding hydrogens is 252 g/mol. The number of hydrogen-bond donors (Lipinski definition) is 1. The molecule has 0 radical (unpaired) electrons. The van der Waals surface area contributed by atoms with E-state index in [-0.39, 0.29) is 0 Å². The van der Waals surface area contributed by atoms with Crippen LogP contribution in [0.15, 0.2) is 18.5 Å². The van der Waals surface area contributed by atoms with Gasteiger partial charge in [-0.15, -0.1) is 0 Å². The molecule has 1 aliphatic rings. The molecule has 108 valence electrons. The number of nitrogens with one attached hydrogen (secondary N) is 1. The molecule has 0 aliphatic carbocycles. The van der Waals surface area contributed by atoms with Crippen LogP contribution in [0.1, 0.15) is 38.3 Å². The van der Waals surface area contributed by atoms with Crippen molar-refractivity contribution in [3.05, 3.63) is 24.2 Å². The summed E-state index contributed by atoms with van der Waals surface area (Å²) >= 11 is 0. The number of aromatic nitrogens is 3. The molecule has 1 saturated heterocycles. The summed E-state index contributed by atoms with van der Waals surface area (Å²) in [4.78, 5) is 4.37. The van der Waals surface area contributed by atoms with Gasteiger partial charge in [0.05, 0.1) is 12.3 Å². The van der Waals surface area contributed by atoms with Gasteiger partial charge in [0, 0.05) is 12.4 Å². The molecule has 0 unspecified atom stereocenters. The Kier molecular flexibility index (Phi) is 3.87. The highest BCUT2D eigenvalue weighted by atomic mass is 16.5. The molecule has 1 fully saturated rings. The predicted octanol–water partition coefficient (Wildman–Crippen LogP) is 2.23. The minimum absolute atomic E-state index is 0.409. The highest BCUT2D eigenvalue weighted by Crippen LogP contribution is 2.22. The highest BCUT2D eigenvalue weighted by molar-refractivity contribution is 5.56. The Labute approximate surface area is 119 Å². The number of fused-ring (bicyclic) bond motifs is 1. The van der Waals surface area contributed by atoms with E-state index in [4.69, 9.17) is 4.74 Å². The predicted molar refractivity (Wildman–Crippen MR) is 78.2 cm³/mol. The third kappa shape index (κ3) is 2.77. The fraction of sp³-hybridized carbons (Fsp3) is 0.600. The number of hydrogen-bond acceptors (Lipinski definition) is 4. The molecule has 20 heavy (non-hydrogen) atoms. The molecule has 1 aliphatic heterocycles. The Morgan fingerprint density at radius 3 is 2.95 bits per heavy atom. The molecule has 0 amide bonds. The summed E-state index contributed by atoms with van der Waals surface area (Å²) in [5.41, 5.74) is 2.04. The van der Waals surface area contributed by atoms with E-state index in [2.05, 4.69) is 35.3 Å². The van der Waals surface area contributed by atoms with Crippen molar-refractivity contribution >= 4 is 5.52 Å². The van der Waals surface area contributed by atoms with Crippen LogP contribution < -0.4 is 10.1 Å². The third-order valence-corrected chi connectivity index (χ3v) is 3.88. The smallest absolute Gasteiger partial charge is 0.240 e. The number of ether oxygens (including phenoxy) is 1. The van der Waals surface area contributed by atoms with Gasteiger partial charge in [-0.3, -0.25) is 0 Å². The Hall–Kier alpha value is -1.62. The summed E-state index contributed by atoms with van der Waals surface area (Å²) < 4.78 is 7.81. The van der Waals surface area contributed by atoms with Gasteiger partial charge in [0.1, 0.15) is 5.52 Å². The molecule has 3 heterocycles. The Bertz CT molecular complexity index is 572. The van der Waals surface area contributed by atoms with Gasteiger partial charge < -0.3 is 10.1 Å². The lowest BCUT2D eigenvalue weighted by molar-refractivity contribution is 0.210. The van der Waals surface area contributed by atoms with Crippen molar-refractivity contribution in [2.75, 3.05) is 19.7 Å². The van der Waals surface area contributed by atoms with Crippen molar-refractivity contribution in [3.63, 3.8) is 0 Å². The van der Waals surface area contributed by atoms with Crippen LogP contribution in [0.3, 0.4) is 0 Å². The van der Waals surface area contributed by atoms with Crippen molar-refractivity contribution < 1.29 is 4.74 Å². The fourth-order valence-electron chi connectivity index (χ4n) is 2.56. The zero-order valence-corrected chi connectivity index (χ0v) is 12.2. The first-order chi connectivity index (χ1) is 9.74. The second-order valence-electron chi connectivity index (χ2n) is 5.79. The van der Waals surface area contributed by atoms with E-state index in [0.29, 0.717) is 17.7 Å². The molecule has 2 aromatic heterocycles. The molecule has 0 atom stereocenters. The van der Waals surface area contributed by atoms with Gasteiger partial charge in [-0.05, 0) is 43.8 Å². The average Bonchev–Trinajstić information content (AvgIpc) is 2.91. The summed E-state index contributed by atoms with van der Waals surface area (Å²) in [6.07, 6.45) is 5.99. The van der Waals surface area contributed by atoms with Crippen LogP contribution >= 0.6 is 0 Å². The molecule has 0 bridgehead atoms. The van der Waals surface area contributed by atoms with Gasteiger partial charge >= 0.3 is 0 Å². The van der Waals surface area contributed by atoms with E-state index in [1.54, 1.807) is 6.20 Å². The van der Waals surface area contributed by atoms with E-state index in [0.717, 1.165) is 30.9 Å². The fourth-order valence-corrected chi connectivity index (χ4v) is 2.56. The Morgan fingerprint density at radius 1 is 1.40 bits per heavy atom. The number of nitrogens with zero attached hydrogens (tertiary/aromatic N) is 3. The van der Waals surface area contributed by atoms with E-state index in [9.17, 15) is 0 Å². The largest absolute Gasteiger partial charge is 0.476 e. The molecule has 0 spiro atoms. The first-order valence-electron chi connectivity index (χ1n) is 7.42. The average molecular weight is 274 g/mol. The third-order valence-electron chi connectivity index (χ3n) is 3.88. The highest BCUT2D eigenvalue weighted by Gasteiger charge is 2.16. The van der Waals surface area contributed by atoms with Crippen molar-refractivity contribution in [2.24, 2.45) is 5.92 Å². The standard InChI is InChI=1S/C15H22N4O/c1-11(2)13-9-14-15(17-7-8-19(14)18-13)20-10-12-3-5-16-6-4-12/h7-9,11-12,16H,3-6,10H2,1-2H3. The van der Waals surface area contributed by atoms with Gasteiger partial charge in [0.25, 0.3) is 0 Å². The van der Waals surface area contributed by atoms with Crippen LogP contribution in [0, 0.1) is 5.92 Å². The molecule has 0 aromatic carbocycles. The van der Waals surface area contributed by atoms with Crippen molar-refractivity contribution in [1.82, 2.24) is 19.9 Å². The number of piperidine rings is 1. The second kappa shape index (κ2) is 5.79. The van der Waals surface area contributed by atoms with Crippen LogP contribution in [0.2, 0.25) is 0 Å². The van der Waals surface area contributed by atoms with Crippen molar-refractivity contribution in [3.8, 4) is 5.88 Å². The zero-order valence-electron chi connectivity index (χ0n) is 12.2. The molecule has 3 rings (SSSR count). The second-order valence-corrected chi connectivity index (χ2v) is 5.79. The van der Waals surface area contributed by atoms with Gasteiger partial charge in [-0.25, -0.2) is 9.50 Å². The van der Waals surface area contributed by atoms with Crippen LogP contribution in [0.5, 0.6) is 5.88 Å². The SMILES string of the molecule is CC(C)c1cc2c(OCC3CCNCC3)nccn2n1. The molecule has 1 N–H and O–H groups in total. The van der Waals surface area contributed by atoms with Gasteiger partial charge in [-0.1, -0.05) is 13.8 Å². The van der Waals surface area contributed by atoms with Crippen LogP contribution in [0.25, 0.3) is 5.52 Å². The maximum absolute atomic E-state index is 5.95. The maximum atomic E-state index is 5.95. The van der Waals surface area contributed by atoms with Gasteiger partial charge in [-0.2, -0.15) is 5.10 Å². The lowest BCUT2D eigenvalue weighted by Gasteiger charge is -2.22. The van der Waals surface area contributed by atoms with Crippen LogP contribution in [-0.2, 0) is 0 Å². The van der Waals surface area contributed by atoms with Gasteiger partial charge in [0.15, 0.2) is 0 Å². The van der Waals surface area contributed by atoms with Crippen LogP contribution in [-0.4, -0.2) is 34.3 Å².